The van der Waals surface area contributed by atoms with Crippen molar-refractivity contribution in [3.05, 3.63) is 27.6 Å². The van der Waals surface area contributed by atoms with Crippen LogP contribution in [0.4, 0.5) is 0 Å². The van der Waals surface area contributed by atoms with Gasteiger partial charge in [0.25, 0.3) is 0 Å². The van der Waals surface area contributed by atoms with Gasteiger partial charge in [0.2, 0.25) is 0 Å². The SMILES string of the molecule is [C]1SCCc2ccsc21. The normalized spacial score (nSPS) is 17.3. The Morgan fingerprint density at radius 2 is 2.56 bits per heavy atom. The summed E-state index contributed by atoms with van der Waals surface area (Å²) in [5.74, 6) is 4.49. The first-order valence-corrected chi connectivity index (χ1v) is 4.77. The fourth-order valence-corrected chi connectivity index (χ4v) is 2.64. The Bertz CT molecular complexity index is 182. The van der Waals surface area contributed by atoms with Crippen molar-refractivity contribution in [3.63, 3.8) is 0 Å². The molecule has 2 heterocycles. The van der Waals surface area contributed by atoms with Gasteiger partial charge in [0.15, 0.2) is 0 Å². The molecule has 46 valence electrons. The molecule has 2 radical (unpaired) electrons. The molecule has 0 amide bonds. The van der Waals surface area contributed by atoms with E-state index in [0.717, 1.165) is 0 Å². The zero-order chi connectivity index (χ0) is 6.10. The highest BCUT2D eigenvalue weighted by Crippen LogP contribution is 2.30. The minimum Gasteiger partial charge on any atom is -0.147 e. The Labute approximate surface area is 63.3 Å². The van der Waals surface area contributed by atoms with E-state index in [1.54, 1.807) is 23.1 Å². The molecule has 0 aromatic carbocycles. The smallest absolute Gasteiger partial charge is 0.0929 e. The Morgan fingerprint density at radius 3 is 3.44 bits per heavy atom. The van der Waals surface area contributed by atoms with Crippen LogP contribution in [0.15, 0.2) is 11.4 Å². The van der Waals surface area contributed by atoms with E-state index in [4.69, 9.17) is 0 Å². The van der Waals surface area contributed by atoms with Gasteiger partial charge in [-0.2, -0.15) is 0 Å². The fraction of sp³-hybridized carbons (Fsp3) is 0.286. The van der Waals surface area contributed by atoms with Gasteiger partial charge in [0.1, 0.15) is 0 Å². The molecule has 1 aliphatic heterocycles. The van der Waals surface area contributed by atoms with Gasteiger partial charge in [-0.1, -0.05) is 0 Å². The van der Waals surface area contributed by atoms with Crippen molar-refractivity contribution in [1.82, 2.24) is 0 Å². The summed E-state index contributed by atoms with van der Waals surface area (Å²) in [6.45, 7) is 0. The average Bonchev–Trinajstić information content (AvgIpc) is 2.33. The van der Waals surface area contributed by atoms with Gasteiger partial charge in [-0.05, 0) is 29.2 Å². The largest absolute Gasteiger partial charge is 0.147 e. The lowest BCUT2D eigenvalue weighted by atomic mass is 10.2. The lowest BCUT2D eigenvalue weighted by Gasteiger charge is -2.07. The summed E-state index contributed by atoms with van der Waals surface area (Å²) in [6, 6.07) is 2.20. The van der Waals surface area contributed by atoms with E-state index in [1.165, 1.54) is 22.6 Å². The Balaban J connectivity index is 2.39. The molecular formula is C7H6S2. The van der Waals surface area contributed by atoms with Crippen molar-refractivity contribution >= 4 is 23.1 Å². The van der Waals surface area contributed by atoms with Crippen molar-refractivity contribution in [3.8, 4) is 0 Å². The monoisotopic (exact) mass is 154 g/mol. The summed E-state index contributed by atoms with van der Waals surface area (Å²) in [5.41, 5.74) is 1.48. The Morgan fingerprint density at radius 1 is 1.56 bits per heavy atom. The quantitative estimate of drug-likeness (QED) is 0.553. The molecule has 0 spiro atoms. The van der Waals surface area contributed by atoms with Gasteiger partial charge in [-0.25, -0.2) is 0 Å². The second-order valence-corrected chi connectivity index (χ2v) is 3.79. The van der Waals surface area contributed by atoms with Crippen LogP contribution in [0.2, 0.25) is 0 Å². The average molecular weight is 154 g/mol. The molecule has 1 aromatic heterocycles. The highest BCUT2D eigenvalue weighted by Gasteiger charge is 2.09. The van der Waals surface area contributed by atoms with E-state index < -0.39 is 0 Å². The van der Waals surface area contributed by atoms with E-state index in [9.17, 15) is 0 Å². The molecule has 0 bridgehead atoms. The third-order valence-corrected chi connectivity index (χ3v) is 3.14. The third kappa shape index (κ3) is 1.01. The van der Waals surface area contributed by atoms with Crippen molar-refractivity contribution in [2.24, 2.45) is 0 Å². The van der Waals surface area contributed by atoms with Crippen molar-refractivity contribution < 1.29 is 0 Å². The molecule has 0 N–H and O–H groups in total. The molecule has 1 aliphatic rings. The molecule has 0 atom stereocenters. The predicted octanol–water partition coefficient (Wildman–Crippen LogP) is 2.42. The van der Waals surface area contributed by atoms with E-state index in [0.29, 0.717) is 0 Å². The van der Waals surface area contributed by atoms with E-state index in [-0.39, 0.29) is 0 Å². The van der Waals surface area contributed by atoms with Crippen LogP contribution >= 0.6 is 23.1 Å². The zero-order valence-corrected chi connectivity index (χ0v) is 6.52. The van der Waals surface area contributed by atoms with Crippen molar-refractivity contribution in [2.75, 3.05) is 5.75 Å². The maximum Gasteiger partial charge on any atom is 0.0929 e. The van der Waals surface area contributed by atoms with Gasteiger partial charge in [-0.3, -0.25) is 0 Å². The first kappa shape index (κ1) is 5.81. The molecule has 2 rings (SSSR count). The van der Waals surface area contributed by atoms with Crippen molar-refractivity contribution in [2.45, 2.75) is 6.42 Å². The number of thiophene rings is 1. The van der Waals surface area contributed by atoms with Crippen molar-refractivity contribution in [1.29, 1.82) is 0 Å². The molecule has 0 saturated heterocycles. The van der Waals surface area contributed by atoms with Crippen LogP contribution in [0.25, 0.3) is 0 Å². The molecular weight excluding hydrogens is 148 g/mol. The fourth-order valence-electron chi connectivity index (χ4n) is 0.900. The molecule has 0 fully saturated rings. The number of aryl methyl sites for hydroxylation is 1. The number of fused-ring (bicyclic) bond motifs is 1. The highest BCUT2D eigenvalue weighted by molar-refractivity contribution is 8.01. The molecule has 1 aromatic rings. The molecule has 9 heavy (non-hydrogen) atoms. The number of rotatable bonds is 0. The third-order valence-electron chi connectivity index (χ3n) is 1.39. The number of hydrogen-bond donors (Lipinski definition) is 0. The molecule has 0 aliphatic carbocycles. The van der Waals surface area contributed by atoms with Gasteiger partial charge in [0, 0.05) is 4.88 Å². The molecule has 0 nitrogen and oxygen atoms in total. The van der Waals surface area contributed by atoms with Crippen LogP contribution in [-0.2, 0) is 6.42 Å². The van der Waals surface area contributed by atoms with E-state index in [1.807, 2.05) is 0 Å². The summed E-state index contributed by atoms with van der Waals surface area (Å²) >= 11 is 3.60. The Hall–Kier alpha value is 0.0500. The molecule has 0 unspecified atom stereocenters. The van der Waals surface area contributed by atoms with E-state index >= 15 is 0 Å². The van der Waals surface area contributed by atoms with Crippen LogP contribution in [0.3, 0.4) is 0 Å². The van der Waals surface area contributed by atoms with Gasteiger partial charge >= 0.3 is 0 Å². The summed E-state index contributed by atoms with van der Waals surface area (Å²) in [4.78, 5) is 1.35. The summed E-state index contributed by atoms with van der Waals surface area (Å²) < 4.78 is 0. The first-order valence-electron chi connectivity index (χ1n) is 2.91. The van der Waals surface area contributed by atoms with Crippen LogP contribution < -0.4 is 0 Å². The minimum absolute atomic E-state index is 1.21. The molecule has 0 saturated carbocycles. The van der Waals surface area contributed by atoms with Crippen LogP contribution in [0, 0.1) is 5.75 Å². The minimum atomic E-state index is 1.21. The maximum atomic E-state index is 3.28. The second kappa shape index (κ2) is 2.35. The Kier molecular flexibility index (Phi) is 1.52. The lowest BCUT2D eigenvalue weighted by Crippen LogP contribution is -1.94. The van der Waals surface area contributed by atoms with Gasteiger partial charge < -0.3 is 0 Å². The topological polar surface area (TPSA) is 0 Å². The van der Waals surface area contributed by atoms with Gasteiger partial charge in [0.05, 0.1) is 5.75 Å². The second-order valence-electron chi connectivity index (χ2n) is 1.98. The summed E-state index contributed by atoms with van der Waals surface area (Å²) in [6.07, 6.45) is 1.23. The van der Waals surface area contributed by atoms with Crippen LogP contribution in [-0.4, -0.2) is 5.75 Å². The highest BCUT2D eigenvalue weighted by atomic mass is 32.2. The van der Waals surface area contributed by atoms with E-state index in [2.05, 4.69) is 17.2 Å². The maximum absolute atomic E-state index is 3.28. The zero-order valence-electron chi connectivity index (χ0n) is 4.89. The van der Waals surface area contributed by atoms with Crippen LogP contribution in [0.1, 0.15) is 10.4 Å². The number of hydrogen-bond acceptors (Lipinski definition) is 2. The standard InChI is InChI=1S/C7H6S2/c1-3-8-5-7-6(1)2-4-9-7/h2,4H,1,3H2. The summed E-state index contributed by atoms with van der Waals surface area (Å²) in [5, 5.41) is 2.14. The van der Waals surface area contributed by atoms with Crippen LogP contribution in [0.5, 0.6) is 0 Å². The molecule has 2 heteroatoms. The first-order chi connectivity index (χ1) is 4.47. The lowest BCUT2D eigenvalue weighted by molar-refractivity contribution is 1.15. The predicted molar refractivity (Wildman–Crippen MR) is 42.8 cm³/mol. The number of thioether (sulfide) groups is 1. The van der Waals surface area contributed by atoms with Gasteiger partial charge in [-0.15, -0.1) is 23.1 Å². The summed E-state index contributed by atoms with van der Waals surface area (Å²) in [7, 11) is 0.